The van der Waals surface area contributed by atoms with E-state index in [-0.39, 0.29) is 12.7 Å². The van der Waals surface area contributed by atoms with Gasteiger partial charge in [-0.15, -0.1) is 0 Å². The Hall–Kier alpha value is -1.76. The van der Waals surface area contributed by atoms with Crippen LogP contribution in [0.2, 0.25) is 0 Å². The molecule has 0 saturated carbocycles. The standard InChI is InChI=1S/C13H14BrNO5/c1-3-15(7(2)16)11(13(17)18)8-4-9(14)12-10(5-8)19-6-20-12/h4-5,11H,3,6H2,1-2H3,(H,17,18). The van der Waals surface area contributed by atoms with Crippen molar-refractivity contribution >= 4 is 27.8 Å². The summed E-state index contributed by atoms with van der Waals surface area (Å²) in [6.07, 6.45) is 0. The zero-order chi connectivity index (χ0) is 14.9. The van der Waals surface area contributed by atoms with Crippen LogP contribution in [0.15, 0.2) is 16.6 Å². The fourth-order valence-electron chi connectivity index (χ4n) is 2.19. The van der Waals surface area contributed by atoms with E-state index in [1.54, 1.807) is 19.1 Å². The summed E-state index contributed by atoms with van der Waals surface area (Å²) in [5.74, 6) is -0.370. The van der Waals surface area contributed by atoms with Crippen molar-refractivity contribution in [1.82, 2.24) is 4.90 Å². The topological polar surface area (TPSA) is 76.1 Å². The summed E-state index contributed by atoms with van der Waals surface area (Å²) in [5, 5.41) is 9.44. The van der Waals surface area contributed by atoms with E-state index in [1.807, 2.05) is 0 Å². The average molecular weight is 344 g/mol. The first-order chi connectivity index (χ1) is 9.45. The minimum atomic E-state index is -1.09. The maximum atomic E-state index is 11.6. The molecule has 1 aromatic carbocycles. The van der Waals surface area contributed by atoms with Crippen LogP contribution in [-0.4, -0.2) is 35.2 Å². The summed E-state index contributed by atoms with van der Waals surface area (Å²) in [6, 6.07) is 2.18. The first-order valence-corrected chi connectivity index (χ1v) is 6.84. The van der Waals surface area contributed by atoms with Crippen LogP contribution < -0.4 is 9.47 Å². The van der Waals surface area contributed by atoms with E-state index < -0.39 is 12.0 Å². The Balaban J connectivity index is 2.47. The molecule has 1 heterocycles. The van der Waals surface area contributed by atoms with Gasteiger partial charge in [0, 0.05) is 13.5 Å². The molecule has 20 heavy (non-hydrogen) atoms. The maximum absolute atomic E-state index is 11.6. The maximum Gasteiger partial charge on any atom is 0.331 e. The minimum Gasteiger partial charge on any atom is -0.479 e. The molecule has 6 nitrogen and oxygen atoms in total. The van der Waals surface area contributed by atoms with E-state index in [1.165, 1.54) is 11.8 Å². The Morgan fingerprint density at radius 1 is 1.45 bits per heavy atom. The number of likely N-dealkylation sites (N-methyl/N-ethyl adjacent to an activating group) is 1. The summed E-state index contributed by atoms with van der Waals surface area (Å²) in [7, 11) is 0. The largest absolute Gasteiger partial charge is 0.479 e. The van der Waals surface area contributed by atoms with Crippen molar-refractivity contribution in [2.45, 2.75) is 19.9 Å². The second-order valence-corrected chi connectivity index (χ2v) is 5.14. The number of amides is 1. The summed E-state index contributed by atoms with van der Waals surface area (Å²) >= 11 is 3.32. The molecular formula is C13H14BrNO5. The van der Waals surface area contributed by atoms with Crippen molar-refractivity contribution in [2.24, 2.45) is 0 Å². The van der Waals surface area contributed by atoms with Gasteiger partial charge >= 0.3 is 5.97 Å². The fourth-order valence-corrected chi connectivity index (χ4v) is 2.76. The summed E-state index contributed by atoms with van der Waals surface area (Å²) in [6.45, 7) is 3.48. The molecule has 0 saturated heterocycles. The number of hydrogen-bond acceptors (Lipinski definition) is 4. The Bertz CT molecular complexity index is 560. The third kappa shape index (κ3) is 2.58. The molecule has 1 aliphatic heterocycles. The lowest BCUT2D eigenvalue weighted by Crippen LogP contribution is -2.37. The van der Waals surface area contributed by atoms with Gasteiger partial charge in [0.05, 0.1) is 4.47 Å². The third-order valence-electron chi connectivity index (χ3n) is 3.06. The van der Waals surface area contributed by atoms with Gasteiger partial charge in [0.1, 0.15) is 0 Å². The minimum absolute atomic E-state index is 0.0966. The van der Waals surface area contributed by atoms with E-state index in [9.17, 15) is 14.7 Å². The normalized spacial score (nSPS) is 13.9. The van der Waals surface area contributed by atoms with Crippen molar-refractivity contribution in [2.75, 3.05) is 13.3 Å². The highest BCUT2D eigenvalue weighted by Gasteiger charge is 2.31. The number of carbonyl (C=O) groups is 2. The highest BCUT2D eigenvalue weighted by Crippen LogP contribution is 2.42. The number of benzene rings is 1. The van der Waals surface area contributed by atoms with Gasteiger partial charge in [-0.1, -0.05) is 0 Å². The lowest BCUT2D eigenvalue weighted by atomic mass is 10.0. The number of carboxylic acid groups (broad SMARTS) is 1. The van der Waals surface area contributed by atoms with Crippen LogP contribution in [0.1, 0.15) is 25.5 Å². The van der Waals surface area contributed by atoms with Gasteiger partial charge in [-0.25, -0.2) is 4.79 Å². The fraction of sp³-hybridized carbons (Fsp3) is 0.385. The van der Waals surface area contributed by atoms with Crippen molar-refractivity contribution in [3.05, 3.63) is 22.2 Å². The van der Waals surface area contributed by atoms with Gasteiger partial charge in [0.15, 0.2) is 17.5 Å². The zero-order valence-electron chi connectivity index (χ0n) is 11.1. The van der Waals surface area contributed by atoms with Crippen LogP contribution in [0.3, 0.4) is 0 Å². The molecular weight excluding hydrogens is 330 g/mol. The van der Waals surface area contributed by atoms with E-state index in [2.05, 4.69) is 15.9 Å². The summed E-state index contributed by atoms with van der Waals surface area (Å²) in [5.41, 5.74) is 0.464. The van der Waals surface area contributed by atoms with Crippen molar-refractivity contribution < 1.29 is 24.2 Å². The number of nitrogens with zero attached hydrogens (tertiary/aromatic N) is 1. The second-order valence-electron chi connectivity index (χ2n) is 4.28. The number of halogens is 1. The Kier molecular flexibility index (Phi) is 4.17. The molecule has 2 rings (SSSR count). The lowest BCUT2D eigenvalue weighted by Gasteiger charge is -2.27. The smallest absolute Gasteiger partial charge is 0.331 e. The molecule has 0 fully saturated rings. The van der Waals surface area contributed by atoms with Gasteiger partial charge in [-0.3, -0.25) is 4.79 Å². The molecule has 0 aliphatic carbocycles. The van der Waals surface area contributed by atoms with Crippen molar-refractivity contribution in [3.63, 3.8) is 0 Å². The van der Waals surface area contributed by atoms with Crippen LogP contribution in [0.25, 0.3) is 0 Å². The van der Waals surface area contributed by atoms with Gasteiger partial charge < -0.3 is 19.5 Å². The number of carbonyl (C=O) groups excluding carboxylic acids is 1. The molecule has 1 unspecified atom stereocenters. The Labute approximate surface area is 124 Å². The highest BCUT2D eigenvalue weighted by atomic mass is 79.9. The quantitative estimate of drug-likeness (QED) is 0.906. The summed E-state index contributed by atoms with van der Waals surface area (Å²) < 4.78 is 11.1. The van der Waals surface area contributed by atoms with Crippen molar-refractivity contribution in [3.8, 4) is 11.5 Å². The van der Waals surface area contributed by atoms with E-state index in [0.29, 0.717) is 28.1 Å². The van der Waals surface area contributed by atoms with Gasteiger partial charge in [-0.05, 0) is 40.5 Å². The molecule has 0 bridgehead atoms. The molecule has 1 N–H and O–H groups in total. The molecule has 0 spiro atoms. The van der Waals surface area contributed by atoms with Crippen LogP contribution in [-0.2, 0) is 9.59 Å². The molecule has 1 aromatic rings. The van der Waals surface area contributed by atoms with Crippen LogP contribution in [0.4, 0.5) is 0 Å². The van der Waals surface area contributed by atoms with Gasteiger partial charge in [0.25, 0.3) is 0 Å². The van der Waals surface area contributed by atoms with E-state index in [0.717, 1.165) is 0 Å². The zero-order valence-corrected chi connectivity index (χ0v) is 12.6. The average Bonchev–Trinajstić information content (AvgIpc) is 2.83. The first kappa shape index (κ1) is 14.6. The number of fused-ring (bicyclic) bond motifs is 1. The molecule has 1 aliphatic rings. The molecule has 7 heteroatoms. The number of aliphatic carboxylic acids is 1. The molecule has 1 amide bonds. The predicted octanol–water partition coefficient (Wildman–Crippen LogP) is 2.17. The molecule has 1 atom stereocenters. The Morgan fingerprint density at radius 2 is 2.15 bits per heavy atom. The van der Waals surface area contributed by atoms with Crippen molar-refractivity contribution in [1.29, 1.82) is 0 Å². The van der Waals surface area contributed by atoms with Crippen LogP contribution in [0.5, 0.6) is 11.5 Å². The number of hydrogen-bond donors (Lipinski definition) is 1. The van der Waals surface area contributed by atoms with E-state index >= 15 is 0 Å². The van der Waals surface area contributed by atoms with Gasteiger partial charge in [-0.2, -0.15) is 0 Å². The van der Waals surface area contributed by atoms with Crippen LogP contribution >= 0.6 is 15.9 Å². The SMILES string of the molecule is CCN(C(C)=O)C(C(=O)O)c1cc(Br)c2c(c1)OCO2. The first-order valence-electron chi connectivity index (χ1n) is 6.04. The molecule has 108 valence electrons. The monoisotopic (exact) mass is 343 g/mol. The molecule has 0 aromatic heterocycles. The van der Waals surface area contributed by atoms with E-state index in [4.69, 9.17) is 9.47 Å². The third-order valence-corrected chi connectivity index (χ3v) is 3.65. The van der Waals surface area contributed by atoms with Gasteiger partial charge in [0.2, 0.25) is 12.7 Å². The number of ether oxygens (including phenoxy) is 2. The number of carboxylic acids is 1. The second kappa shape index (κ2) is 5.70. The Morgan fingerprint density at radius 3 is 2.70 bits per heavy atom. The number of rotatable bonds is 4. The lowest BCUT2D eigenvalue weighted by molar-refractivity contribution is -0.149. The predicted molar refractivity (Wildman–Crippen MR) is 73.7 cm³/mol. The summed E-state index contributed by atoms with van der Waals surface area (Å²) in [4.78, 5) is 24.4. The molecule has 0 radical (unpaired) electrons. The van der Waals surface area contributed by atoms with Crippen LogP contribution in [0, 0.1) is 0 Å². The highest BCUT2D eigenvalue weighted by molar-refractivity contribution is 9.10.